The first-order valence-electron chi connectivity index (χ1n) is 7.41. The molecule has 0 saturated carbocycles. The maximum Gasteiger partial charge on any atom is 0.254 e. The van der Waals surface area contributed by atoms with Gasteiger partial charge < -0.3 is 10.2 Å². The summed E-state index contributed by atoms with van der Waals surface area (Å²) in [6.07, 6.45) is 1.94. The van der Waals surface area contributed by atoms with Gasteiger partial charge in [0.2, 0.25) is 0 Å². The molecule has 0 bridgehead atoms. The van der Waals surface area contributed by atoms with E-state index in [1.807, 2.05) is 31.1 Å². The Morgan fingerprint density at radius 3 is 2.35 bits per heavy atom. The zero-order chi connectivity index (χ0) is 15.3. The Morgan fingerprint density at radius 1 is 1.30 bits per heavy atom. The number of nitrogens with one attached hydrogen (secondary N) is 1. The van der Waals surface area contributed by atoms with Crippen LogP contribution in [0.25, 0.3) is 0 Å². The average molecular weight is 277 g/mol. The highest BCUT2D eigenvalue weighted by molar-refractivity contribution is 5.95. The van der Waals surface area contributed by atoms with Crippen LogP contribution < -0.4 is 5.32 Å². The number of pyridine rings is 1. The summed E-state index contributed by atoms with van der Waals surface area (Å²) in [5.41, 5.74) is 1.65. The molecule has 1 amide bonds. The fourth-order valence-electron chi connectivity index (χ4n) is 2.31. The standard InChI is InChI=1S/C16H27N3O/c1-7-13(8-2)19(6)16(20)12-9-14(11(3)4)18-15(10-12)17-5/h9-11,13H,7-8H2,1-6H3,(H,17,18). The smallest absolute Gasteiger partial charge is 0.254 e. The Balaban J connectivity index is 3.11. The molecule has 0 saturated heterocycles. The lowest BCUT2D eigenvalue weighted by atomic mass is 10.1. The van der Waals surface area contributed by atoms with E-state index in [1.54, 1.807) is 0 Å². The van der Waals surface area contributed by atoms with E-state index in [9.17, 15) is 4.79 Å². The van der Waals surface area contributed by atoms with Crippen molar-refractivity contribution in [1.82, 2.24) is 9.88 Å². The van der Waals surface area contributed by atoms with E-state index >= 15 is 0 Å². The summed E-state index contributed by atoms with van der Waals surface area (Å²) in [6.45, 7) is 8.40. The Labute approximate surface area is 122 Å². The second-order valence-electron chi connectivity index (χ2n) is 5.46. The van der Waals surface area contributed by atoms with Crippen LogP contribution in [0, 0.1) is 0 Å². The van der Waals surface area contributed by atoms with Crippen LogP contribution in [-0.4, -0.2) is 35.9 Å². The van der Waals surface area contributed by atoms with Gasteiger partial charge in [0, 0.05) is 31.4 Å². The minimum Gasteiger partial charge on any atom is -0.373 e. The maximum absolute atomic E-state index is 12.6. The summed E-state index contributed by atoms with van der Waals surface area (Å²) in [5.74, 6) is 1.12. The molecule has 0 unspecified atom stereocenters. The van der Waals surface area contributed by atoms with Crippen LogP contribution in [0.1, 0.15) is 62.5 Å². The molecule has 0 atom stereocenters. The van der Waals surface area contributed by atoms with Gasteiger partial charge in [0.1, 0.15) is 5.82 Å². The average Bonchev–Trinajstić information content (AvgIpc) is 2.46. The minimum absolute atomic E-state index is 0.0690. The molecule has 1 rings (SSSR count). The van der Waals surface area contributed by atoms with Gasteiger partial charge in [0.25, 0.3) is 5.91 Å². The summed E-state index contributed by atoms with van der Waals surface area (Å²) in [6, 6.07) is 4.02. The van der Waals surface area contributed by atoms with Crippen molar-refractivity contribution in [2.24, 2.45) is 0 Å². The fourth-order valence-corrected chi connectivity index (χ4v) is 2.31. The van der Waals surface area contributed by atoms with Crippen molar-refractivity contribution in [3.63, 3.8) is 0 Å². The highest BCUT2D eigenvalue weighted by Crippen LogP contribution is 2.19. The lowest BCUT2D eigenvalue weighted by Crippen LogP contribution is -2.36. The third-order valence-corrected chi connectivity index (χ3v) is 3.75. The number of aromatic nitrogens is 1. The molecular formula is C16H27N3O. The highest BCUT2D eigenvalue weighted by Gasteiger charge is 2.20. The lowest BCUT2D eigenvalue weighted by molar-refractivity contribution is 0.0723. The van der Waals surface area contributed by atoms with E-state index in [4.69, 9.17) is 0 Å². The van der Waals surface area contributed by atoms with E-state index in [1.165, 1.54) is 0 Å². The highest BCUT2D eigenvalue weighted by atomic mass is 16.2. The topological polar surface area (TPSA) is 45.2 Å². The molecule has 1 N–H and O–H groups in total. The van der Waals surface area contributed by atoms with Gasteiger partial charge in [0.15, 0.2) is 0 Å². The zero-order valence-corrected chi connectivity index (χ0v) is 13.5. The van der Waals surface area contributed by atoms with Gasteiger partial charge in [-0.25, -0.2) is 4.98 Å². The van der Waals surface area contributed by atoms with E-state index in [2.05, 4.69) is 38.0 Å². The maximum atomic E-state index is 12.6. The van der Waals surface area contributed by atoms with Crippen molar-refractivity contribution >= 4 is 11.7 Å². The largest absolute Gasteiger partial charge is 0.373 e. The second-order valence-corrected chi connectivity index (χ2v) is 5.46. The van der Waals surface area contributed by atoms with Gasteiger partial charge in [-0.1, -0.05) is 27.7 Å². The first kappa shape index (κ1) is 16.5. The molecule has 0 radical (unpaired) electrons. The number of amides is 1. The number of hydrogen-bond acceptors (Lipinski definition) is 3. The molecule has 0 aliphatic rings. The Morgan fingerprint density at radius 2 is 1.90 bits per heavy atom. The summed E-state index contributed by atoms with van der Waals surface area (Å²) in [4.78, 5) is 19.0. The van der Waals surface area contributed by atoms with Crippen molar-refractivity contribution in [2.45, 2.75) is 52.5 Å². The number of nitrogens with zero attached hydrogens (tertiary/aromatic N) is 2. The lowest BCUT2D eigenvalue weighted by Gasteiger charge is -2.26. The van der Waals surface area contributed by atoms with Crippen molar-refractivity contribution in [3.05, 3.63) is 23.4 Å². The summed E-state index contributed by atoms with van der Waals surface area (Å²) < 4.78 is 0. The first-order chi connectivity index (χ1) is 9.44. The van der Waals surface area contributed by atoms with Gasteiger partial charge in [0.05, 0.1) is 0 Å². The molecular weight excluding hydrogens is 250 g/mol. The summed E-state index contributed by atoms with van der Waals surface area (Å²) in [5, 5.41) is 3.03. The molecule has 4 heteroatoms. The number of carbonyl (C=O) groups excluding carboxylic acids is 1. The predicted molar refractivity (Wildman–Crippen MR) is 84.3 cm³/mol. The second kappa shape index (κ2) is 7.27. The van der Waals surface area contributed by atoms with E-state index in [0.717, 1.165) is 24.4 Å². The molecule has 0 spiro atoms. The van der Waals surface area contributed by atoms with Crippen LogP contribution in [0.15, 0.2) is 12.1 Å². The molecule has 1 heterocycles. The molecule has 112 valence electrons. The molecule has 20 heavy (non-hydrogen) atoms. The van der Waals surface area contributed by atoms with Crippen LogP contribution in [0.2, 0.25) is 0 Å². The third kappa shape index (κ3) is 3.71. The molecule has 0 aliphatic carbocycles. The normalized spacial score (nSPS) is 11.0. The number of anilines is 1. The monoisotopic (exact) mass is 277 g/mol. The molecule has 1 aromatic rings. The first-order valence-corrected chi connectivity index (χ1v) is 7.41. The van der Waals surface area contributed by atoms with Crippen LogP contribution in [-0.2, 0) is 0 Å². The Bertz CT molecular complexity index is 453. The molecule has 1 aromatic heterocycles. The molecule has 0 fully saturated rings. The molecule has 4 nitrogen and oxygen atoms in total. The quantitative estimate of drug-likeness (QED) is 0.865. The van der Waals surface area contributed by atoms with Crippen LogP contribution >= 0.6 is 0 Å². The Kier molecular flexibility index (Phi) is 5.99. The van der Waals surface area contributed by atoms with Crippen LogP contribution in [0.3, 0.4) is 0 Å². The van der Waals surface area contributed by atoms with Gasteiger partial charge in [-0.15, -0.1) is 0 Å². The van der Waals surface area contributed by atoms with Gasteiger partial charge in [-0.3, -0.25) is 4.79 Å². The Hall–Kier alpha value is -1.58. The number of rotatable bonds is 6. The molecule has 0 aromatic carbocycles. The van der Waals surface area contributed by atoms with Gasteiger partial charge in [-0.05, 0) is 30.9 Å². The van der Waals surface area contributed by atoms with E-state index in [-0.39, 0.29) is 11.9 Å². The molecule has 0 aliphatic heterocycles. The van der Waals surface area contributed by atoms with E-state index in [0.29, 0.717) is 11.5 Å². The minimum atomic E-state index is 0.0690. The van der Waals surface area contributed by atoms with Crippen molar-refractivity contribution in [2.75, 3.05) is 19.4 Å². The zero-order valence-electron chi connectivity index (χ0n) is 13.5. The summed E-state index contributed by atoms with van der Waals surface area (Å²) in [7, 11) is 3.71. The van der Waals surface area contributed by atoms with Crippen molar-refractivity contribution in [1.29, 1.82) is 0 Å². The van der Waals surface area contributed by atoms with Crippen LogP contribution in [0.4, 0.5) is 5.82 Å². The van der Waals surface area contributed by atoms with Crippen molar-refractivity contribution < 1.29 is 4.79 Å². The van der Waals surface area contributed by atoms with E-state index < -0.39 is 0 Å². The SMILES string of the molecule is CCC(CC)N(C)C(=O)c1cc(NC)nc(C(C)C)c1. The third-order valence-electron chi connectivity index (χ3n) is 3.75. The summed E-state index contributed by atoms with van der Waals surface area (Å²) >= 11 is 0. The fraction of sp³-hybridized carbons (Fsp3) is 0.625. The number of carbonyl (C=O) groups is 1. The van der Waals surface area contributed by atoms with Gasteiger partial charge in [-0.2, -0.15) is 0 Å². The van der Waals surface area contributed by atoms with Gasteiger partial charge >= 0.3 is 0 Å². The van der Waals surface area contributed by atoms with Crippen LogP contribution in [0.5, 0.6) is 0 Å². The number of hydrogen-bond donors (Lipinski definition) is 1. The van der Waals surface area contributed by atoms with Crippen molar-refractivity contribution in [3.8, 4) is 0 Å². The predicted octanol–water partition coefficient (Wildman–Crippen LogP) is 3.51.